The molecular formula is C19H31N5O2. The van der Waals surface area contributed by atoms with Crippen molar-refractivity contribution in [2.24, 2.45) is 0 Å². The maximum absolute atomic E-state index is 12.8. The zero-order valence-electron chi connectivity index (χ0n) is 16.1. The van der Waals surface area contributed by atoms with Gasteiger partial charge in [-0.3, -0.25) is 14.5 Å². The van der Waals surface area contributed by atoms with E-state index in [0.717, 1.165) is 44.8 Å². The number of amides is 2. The van der Waals surface area contributed by atoms with Crippen LogP contribution >= 0.6 is 0 Å². The molecular weight excluding hydrogens is 330 g/mol. The molecule has 2 fully saturated rings. The molecule has 1 aromatic rings. The van der Waals surface area contributed by atoms with Crippen molar-refractivity contribution in [1.82, 2.24) is 24.7 Å². The molecule has 144 valence electrons. The van der Waals surface area contributed by atoms with Gasteiger partial charge < -0.3 is 14.8 Å². The molecule has 1 atom stereocenters. The number of likely N-dealkylation sites (tertiary alicyclic amines) is 1. The predicted octanol–water partition coefficient (Wildman–Crippen LogP) is 1.21. The molecule has 0 radical (unpaired) electrons. The first-order valence-corrected chi connectivity index (χ1v) is 9.83. The van der Waals surface area contributed by atoms with E-state index in [4.69, 9.17) is 0 Å². The van der Waals surface area contributed by atoms with Gasteiger partial charge in [-0.25, -0.2) is 4.98 Å². The van der Waals surface area contributed by atoms with Crippen LogP contribution in [-0.4, -0.2) is 69.4 Å². The van der Waals surface area contributed by atoms with Gasteiger partial charge in [0.25, 0.3) is 0 Å². The zero-order chi connectivity index (χ0) is 18.7. The molecule has 1 aromatic heterocycles. The Bertz CT molecular complexity index is 634. The minimum Gasteiger partial charge on any atom is -0.353 e. The van der Waals surface area contributed by atoms with Gasteiger partial charge >= 0.3 is 0 Å². The number of aromatic nitrogens is 2. The highest BCUT2D eigenvalue weighted by Gasteiger charge is 2.35. The Morgan fingerprint density at radius 1 is 1.31 bits per heavy atom. The van der Waals surface area contributed by atoms with Crippen LogP contribution in [0.25, 0.3) is 0 Å². The molecule has 3 rings (SSSR count). The van der Waals surface area contributed by atoms with Crippen molar-refractivity contribution < 1.29 is 9.59 Å². The Balaban J connectivity index is 1.57. The van der Waals surface area contributed by atoms with Gasteiger partial charge in [-0.2, -0.15) is 0 Å². The third-order valence-electron chi connectivity index (χ3n) is 5.70. The second-order valence-corrected chi connectivity index (χ2v) is 7.57. The summed E-state index contributed by atoms with van der Waals surface area (Å²) in [5, 5.41) is 2.90. The number of nitrogens with one attached hydrogen (secondary N) is 1. The first kappa shape index (κ1) is 18.9. The van der Waals surface area contributed by atoms with Crippen LogP contribution in [0.2, 0.25) is 0 Å². The molecule has 0 saturated carbocycles. The third kappa shape index (κ3) is 3.92. The lowest BCUT2D eigenvalue weighted by molar-refractivity contribution is -0.140. The summed E-state index contributed by atoms with van der Waals surface area (Å²) in [5.41, 5.74) is 0. The number of piperazine rings is 1. The summed E-state index contributed by atoms with van der Waals surface area (Å²) in [5.74, 6) is 1.63. The van der Waals surface area contributed by atoms with E-state index in [0.29, 0.717) is 12.5 Å². The van der Waals surface area contributed by atoms with Gasteiger partial charge in [-0.05, 0) is 33.6 Å². The van der Waals surface area contributed by atoms with Crippen LogP contribution in [0.4, 0.5) is 0 Å². The van der Waals surface area contributed by atoms with Crippen molar-refractivity contribution >= 4 is 11.8 Å². The molecule has 7 heteroatoms. The highest BCUT2D eigenvalue weighted by Crippen LogP contribution is 2.27. The summed E-state index contributed by atoms with van der Waals surface area (Å²) in [7, 11) is 0. The van der Waals surface area contributed by atoms with Crippen LogP contribution in [0.15, 0.2) is 12.4 Å². The number of hydrogen-bond donors (Lipinski definition) is 1. The van der Waals surface area contributed by atoms with Crippen LogP contribution in [0, 0.1) is 0 Å². The predicted molar refractivity (Wildman–Crippen MR) is 99.7 cm³/mol. The highest BCUT2D eigenvalue weighted by atomic mass is 16.2. The summed E-state index contributed by atoms with van der Waals surface area (Å²) in [6.07, 6.45) is 6.03. The van der Waals surface area contributed by atoms with Crippen LogP contribution < -0.4 is 5.32 Å². The van der Waals surface area contributed by atoms with Crippen LogP contribution in [-0.2, 0) is 16.1 Å². The van der Waals surface area contributed by atoms with E-state index in [9.17, 15) is 9.59 Å². The van der Waals surface area contributed by atoms with Crippen molar-refractivity contribution in [3.8, 4) is 0 Å². The van der Waals surface area contributed by atoms with E-state index >= 15 is 0 Å². The van der Waals surface area contributed by atoms with Gasteiger partial charge in [0.2, 0.25) is 11.8 Å². The molecule has 0 aliphatic carbocycles. The lowest BCUT2D eigenvalue weighted by Gasteiger charge is -2.39. The normalized spacial score (nSPS) is 22.7. The van der Waals surface area contributed by atoms with Gasteiger partial charge in [0.1, 0.15) is 5.82 Å². The first-order valence-electron chi connectivity index (χ1n) is 9.83. The maximum Gasteiger partial charge on any atom is 0.237 e. The summed E-state index contributed by atoms with van der Waals surface area (Å²) in [4.78, 5) is 33.6. The van der Waals surface area contributed by atoms with Crippen LogP contribution in [0.5, 0.6) is 0 Å². The molecule has 0 spiro atoms. The molecule has 1 unspecified atom stereocenters. The smallest absolute Gasteiger partial charge is 0.237 e. The van der Waals surface area contributed by atoms with Crippen molar-refractivity contribution in [3.05, 3.63) is 18.2 Å². The number of hydrogen-bond acceptors (Lipinski definition) is 4. The topological polar surface area (TPSA) is 70.5 Å². The molecule has 0 bridgehead atoms. The summed E-state index contributed by atoms with van der Waals surface area (Å²) < 4.78 is 2.19. The van der Waals surface area contributed by atoms with Crippen molar-refractivity contribution in [3.63, 3.8) is 0 Å². The Hall–Kier alpha value is -1.89. The average Bonchev–Trinajstić information content (AvgIpc) is 3.12. The van der Waals surface area contributed by atoms with E-state index < -0.39 is 0 Å². The van der Waals surface area contributed by atoms with Crippen molar-refractivity contribution in [2.75, 3.05) is 26.2 Å². The Morgan fingerprint density at radius 2 is 2.04 bits per heavy atom. The minimum atomic E-state index is -0.340. The second kappa shape index (κ2) is 8.20. The number of nitrogens with zero attached hydrogens (tertiary/aromatic N) is 4. The van der Waals surface area contributed by atoms with Gasteiger partial charge in [0, 0.05) is 57.1 Å². The molecule has 0 aromatic carbocycles. The number of carbonyl (C=O) groups is 2. The Labute approximate surface area is 155 Å². The molecule has 2 saturated heterocycles. The van der Waals surface area contributed by atoms with Gasteiger partial charge in [-0.15, -0.1) is 0 Å². The summed E-state index contributed by atoms with van der Waals surface area (Å²) in [6, 6.07) is -0.0783. The maximum atomic E-state index is 12.8. The van der Waals surface area contributed by atoms with E-state index in [2.05, 4.69) is 40.5 Å². The Morgan fingerprint density at radius 3 is 2.69 bits per heavy atom. The van der Waals surface area contributed by atoms with E-state index in [1.54, 1.807) is 0 Å². The first-order chi connectivity index (χ1) is 12.5. The fourth-order valence-corrected chi connectivity index (χ4v) is 4.19. The fourth-order valence-electron chi connectivity index (χ4n) is 4.19. The summed E-state index contributed by atoms with van der Waals surface area (Å²) in [6.45, 7) is 10.2. The van der Waals surface area contributed by atoms with Gasteiger partial charge in [0.05, 0.1) is 12.5 Å². The molecule has 1 N–H and O–H groups in total. The average molecular weight is 361 g/mol. The number of piperidine rings is 1. The molecule has 2 aliphatic heterocycles. The van der Waals surface area contributed by atoms with Gasteiger partial charge in [-0.1, -0.05) is 0 Å². The van der Waals surface area contributed by atoms with Crippen molar-refractivity contribution in [2.45, 2.75) is 64.6 Å². The number of imidazole rings is 1. The molecule has 7 nitrogen and oxygen atoms in total. The lowest BCUT2D eigenvalue weighted by atomic mass is 9.95. The number of carbonyl (C=O) groups excluding carboxylic acids is 2. The van der Waals surface area contributed by atoms with Gasteiger partial charge in [0.15, 0.2) is 0 Å². The number of rotatable bonds is 5. The standard InChI is InChI=1S/C19H31N5O2/c1-4-22-11-7-20-18(22)15-5-9-23(10-6-15)17(25)13-16-19(26)21-8-12-24(16)14(2)3/h7,11,14-16H,4-6,8-10,12-13H2,1-3H3,(H,21,26). The van der Waals surface area contributed by atoms with Crippen LogP contribution in [0.3, 0.4) is 0 Å². The monoisotopic (exact) mass is 361 g/mol. The Kier molecular flexibility index (Phi) is 5.96. The van der Waals surface area contributed by atoms with E-state index in [-0.39, 0.29) is 30.3 Å². The second-order valence-electron chi connectivity index (χ2n) is 7.57. The molecule has 2 aliphatic rings. The van der Waals surface area contributed by atoms with E-state index in [1.165, 1.54) is 0 Å². The van der Waals surface area contributed by atoms with E-state index in [1.807, 2.05) is 17.3 Å². The SMILES string of the molecule is CCn1ccnc1C1CCN(C(=O)CC2C(=O)NCCN2C(C)C)CC1. The van der Waals surface area contributed by atoms with Crippen LogP contribution in [0.1, 0.15) is 51.8 Å². The zero-order valence-corrected chi connectivity index (χ0v) is 16.1. The number of aryl methyl sites for hydroxylation is 1. The lowest BCUT2D eigenvalue weighted by Crippen LogP contribution is -2.58. The van der Waals surface area contributed by atoms with Crippen molar-refractivity contribution in [1.29, 1.82) is 0 Å². The quantitative estimate of drug-likeness (QED) is 0.856. The largest absolute Gasteiger partial charge is 0.353 e. The molecule has 26 heavy (non-hydrogen) atoms. The summed E-state index contributed by atoms with van der Waals surface area (Å²) >= 11 is 0. The third-order valence-corrected chi connectivity index (χ3v) is 5.70. The molecule has 2 amide bonds. The highest BCUT2D eigenvalue weighted by molar-refractivity contribution is 5.89. The fraction of sp³-hybridized carbons (Fsp3) is 0.737. The molecule has 3 heterocycles. The minimum absolute atomic E-state index is 0.0156.